The number of aliphatic carboxylic acids is 1. The summed E-state index contributed by atoms with van der Waals surface area (Å²) in [6.45, 7) is 0.146. The molecule has 0 aliphatic heterocycles. The van der Waals surface area contributed by atoms with Gasteiger partial charge in [0, 0.05) is 18.6 Å². The van der Waals surface area contributed by atoms with Crippen LogP contribution in [0.2, 0.25) is 0 Å². The number of carboxylic acid groups (broad SMARTS) is 1. The van der Waals surface area contributed by atoms with E-state index < -0.39 is 52.4 Å². The molecular weight excluding hydrogens is 566 g/mol. The van der Waals surface area contributed by atoms with Crippen LogP contribution in [0.15, 0.2) is 18.2 Å². The normalized spacial score (nSPS) is 13.3. The van der Waals surface area contributed by atoms with Gasteiger partial charge in [-0.15, -0.1) is 0 Å². The van der Waals surface area contributed by atoms with Crippen LogP contribution in [0, 0.1) is 0 Å². The predicted molar refractivity (Wildman–Crippen MR) is 118 cm³/mol. The van der Waals surface area contributed by atoms with Crippen LogP contribution in [0.5, 0.6) is 11.5 Å². The number of halogens is 8. The van der Waals surface area contributed by atoms with Gasteiger partial charge in [0.1, 0.15) is 11.5 Å². The van der Waals surface area contributed by atoms with Gasteiger partial charge in [-0.1, -0.05) is 61.7 Å². The number of hydrogen-bond donors (Lipinski definition) is 1. The number of amides is 1. The van der Waals surface area contributed by atoms with Crippen molar-refractivity contribution >= 4 is 35.1 Å². The van der Waals surface area contributed by atoms with Crippen molar-refractivity contribution in [1.29, 1.82) is 0 Å². The number of carbonyl (C=O) groups excluding carboxylic acids is 2. The summed E-state index contributed by atoms with van der Waals surface area (Å²) in [5, 5.41) is 12.8. The van der Waals surface area contributed by atoms with Gasteiger partial charge in [-0.25, -0.2) is 8.78 Å². The zero-order valence-electron chi connectivity index (χ0n) is 20.0. The third kappa shape index (κ3) is 14.0. The average Bonchev–Trinajstić information content (AvgIpc) is 2.76. The topological polar surface area (TPSA) is 87.7 Å². The third-order valence-electron chi connectivity index (χ3n) is 4.80. The number of ether oxygens (including phenoxy) is 2. The number of rotatable bonds is 18. The van der Waals surface area contributed by atoms with Gasteiger partial charge in [-0.2, -0.15) is 17.6 Å². The molecule has 15 heteroatoms. The summed E-state index contributed by atoms with van der Waals surface area (Å²) in [6.07, 6.45) is -2.91. The Morgan fingerprint density at radius 2 is 1.35 bits per heavy atom. The Morgan fingerprint density at radius 3 is 1.86 bits per heavy atom. The van der Waals surface area contributed by atoms with Gasteiger partial charge in [0.25, 0.3) is 17.2 Å². The Kier molecular flexibility index (Phi) is 17.0. The summed E-state index contributed by atoms with van der Waals surface area (Å²) in [5.74, 6) is -3.90. The largest absolute Gasteiger partial charge is 1.00 e. The van der Waals surface area contributed by atoms with Crippen LogP contribution >= 0.6 is 23.2 Å². The second-order valence-electron chi connectivity index (χ2n) is 7.79. The zero-order chi connectivity index (χ0) is 27.4. The van der Waals surface area contributed by atoms with Gasteiger partial charge in [-0.05, 0) is 31.4 Å². The molecule has 2 unspecified atom stereocenters. The molecule has 0 heterocycles. The van der Waals surface area contributed by atoms with Crippen molar-refractivity contribution in [3.63, 3.8) is 0 Å². The van der Waals surface area contributed by atoms with Gasteiger partial charge >= 0.3 is 41.8 Å². The molecule has 1 N–H and O–H groups in total. The van der Waals surface area contributed by atoms with Gasteiger partial charge in [-0.3, -0.25) is 4.79 Å². The fraction of sp³-hybridized carbons (Fsp3) is 0.636. The summed E-state index contributed by atoms with van der Waals surface area (Å²) in [7, 11) is 0. The quantitative estimate of drug-likeness (QED) is 0.123. The molecule has 0 radical (unpaired) electrons. The molecule has 0 aliphatic rings. The molecule has 0 fully saturated rings. The summed E-state index contributed by atoms with van der Waals surface area (Å²) in [6, 6.07) is 2.01. The maximum Gasteiger partial charge on any atom is 1.00 e. The first-order valence-electron chi connectivity index (χ1n) is 11.1. The van der Waals surface area contributed by atoms with E-state index in [0.717, 1.165) is 50.7 Å². The second-order valence-corrected chi connectivity index (χ2v) is 8.56. The average molecular weight is 592 g/mol. The Hall–Kier alpha value is -1.08. The molecule has 1 rings (SSSR count). The number of carboxylic acids is 1. The molecule has 1 aromatic rings. The minimum Gasteiger partial charge on any atom is -0.550 e. The van der Waals surface area contributed by atoms with Gasteiger partial charge in [0.05, 0.1) is 5.56 Å². The molecule has 206 valence electrons. The Labute approximate surface area is 242 Å². The van der Waals surface area contributed by atoms with Crippen molar-refractivity contribution in [1.82, 2.24) is 5.32 Å². The summed E-state index contributed by atoms with van der Waals surface area (Å²) >= 11 is 9.43. The molecule has 0 saturated carbocycles. The molecular formula is C22H26Cl2F6NNaO5. The van der Waals surface area contributed by atoms with Gasteiger partial charge in [0.2, 0.25) is 0 Å². The number of nitrogens with one attached hydrogen (secondary N) is 1. The maximum absolute atomic E-state index is 13.7. The number of carbonyl (C=O) groups is 2. The molecule has 0 aromatic heterocycles. The Bertz CT molecular complexity index is 852. The number of alkyl halides is 8. The van der Waals surface area contributed by atoms with E-state index in [2.05, 4.69) is 26.4 Å². The first-order valence-corrected chi connectivity index (χ1v) is 12.0. The van der Waals surface area contributed by atoms with E-state index in [1.807, 2.05) is 0 Å². The molecule has 0 aliphatic carbocycles. The van der Waals surface area contributed by atoms with Crippen molar-refractivity contribution in [2.24, 2.45) is 0 Å². The van der Waals surface area contributed by atoms with E-state index >= 15 is 0 Å². The monoisotopic (exact) mass is 591 g/mol. The Balaban J connectivity index is 0.0000130. The van der Waals surface area contributed by atoms with Crippen molar-refractivity contribution in [3.05, 3.63) is 23.8 Å². The fourth-order valence-corrected chi connectivity index (χ4v) is 3.07. The minimum absolute atomic E-state index is 0. The molecule has 2 atom stereocenters. The van der Waals surface area contributed by atoms with Crippen molar-refractivity contribution in [2.45, 2.75) is 81.3 Å². The van der Waals surface area contributed by atoms with Crippen molar-refractivity contribution in [2.75, 3.05) is 6.54 Å². The summed E-state index contributed by atoms with van der Waals surface area (Å²) in [4.78, 5) is 22.7. The van der Waals surface area contributed by atoms with E-state index in [1.165, 1.54) is 0 Å². The standard InChI is InChI=1S/C22H27Cl2F6NO5.Na/c23-19(25)21(27,28)35-14-10-11-15(16(13-14)36-22(29,30)20(24)26)18(34)31-12-8-6-4-2-1-3-5-7-9-17(32)33;/h10-11,13,19-20H,1-9,12H2,(H,31,34)(H,32,33);/q;+1/p-1. The number of benzene rings is 1. The smallest absolute Gasteiger partial charge is 0.550 e. The number of unbranched alkanes of at least 4 members (excludes halogenated alkanes) is 7. The number of hydrogen-bond acceptors (Lipinski definition) is 5. The van der Waals surface area contributed by atoms with Crippen LogP contribution in [0.3, 0.4) is 0 Å². The van der Waals surface area contributed by atoms with E-state index in [9.17, 15) is 41.0 Å². The SMILES string of the molecule is O=C([O-])CCCCCCCCCCNC(=O)c1ccc(OC(F)(F)C(F)Cl)cc1OC(F)(F)C(F)Cl.[Na+]. The zero-order valence-corrected chi connectivity index (χ0v) is 23.5. The first-order chi connectivity index (χ1) is 16.8. The van der Waals surface area contributed by atoms with Crippen LogP contribution < -0.4 is 49.5 Å². The minimum atomic E-state index is -4.63. The molecule has 1 aromatic carbocycles. The van der Waals surface area contributed by atoms with Crippen LogP contribution in [-0.4, -0.2) is 41.9 Å². The van der Waals surface area contributed by atoms with E-state index in [0.29, 0.717) is 18.9 Å². The molecule has 6 nitrogen and oxygen atoms in total. The molecule has 1 amide bonds. The third-order valence-corrected chi connectivity index (χ3v) is 5.31. The first kappa shape index (κ1) is 35.9. The molecule has 37 heavy (non-hydrogen) atoms. The Morgan fingerprint density at radius 1 is 0.865 bits per heavy atom. The molecule has 0 saturated heterocycles. The van der Waals surface area contributed by atoms with E-state index in [1.54, 1.807) is 0 Å². The van der Waals surface area contributed by atoms with Crippen LogP contribution in [0.4, 0.5) is 26.3 Å². The fourth-order valence-electron chi connectivity index (χ4n) is 2.98. The van der Waals surface area contributed by atoms with E-state index in [-0.39, 0.29) is 42.5 Å². The predicted octanol–water partition coefficient (Wildman–Crippen LogP) is 2.69. The van der Waals surface area contributed by atoms with E-state index in [4.69, 9.17) is 11.6 Å². The molecule has 0 bridgehead atoms. The summed E-state index contributed by atoms with van der Waals surface area (Å²) < 4.78 is 88.1. The van der Waals surface area contributed by atoms with Crippen LogP contribution in [0.25, 0.3) is 0 Å². The molecule has 0 spiro atoms. The maximum atomic E-state index is 13.7. The van der Waals surface area contributed by atoms with Gasteiger partial charge < -0.3 is 24.7 Å². The van der Waals surface area contributed by atoms with Crippen molar-refractivity contribution < 1.29 is 80.1 Å². The van der Waals surface area contributed by atoms with Crippen molar-refractivity contribution in [3.8, 4) is 11.5 Å². The summed E-state index contributed by atoms with van der Waals surface area (Å²) in [5.41, 5.74) is -7.15. The van der Waals surface area contributed by atoms with Crippen LogP contribution in [-0.2, 0) is 4.79 Å². The van der Waals surface area contributed by atoms with Gasteiger partial charge in [0.15, 0.2) is 0 Å². The van der Waals surface area contributed by atoms with Crippen LogP contribution in [0.1, 0.15) is 68.1 Å². The second kappa shape index (κ2) is 17.5.